The first-order valence-electron chi connectivity index (χ1n) is 6.56. The average Bonchev–Trinajstić information content (AvgIpc) is 2.64. The highest BCUT2D eigenvalue weighted by Gasteiger charge is 2.50. The minimum Gasteiger partial charge on any atom is -0.456 e. The van der Waals surface area contributed by atoms with Gasteiger partial charge < -0.3 is 10.5 Å². The second-order valence-electron chi connectivity index (χ2n) is 4.95. The molecule has 110 valence electrons. The number of nitrogens with two attached hydrogens (primary N) is 1. The highest BCUT2D eigenvalue weighted by molar-refractivity contribution is 5.79. The first-order chi connectivity index (χ1) is 9.51. The van der Waals surface area contributed by atoms with Crippen LogP contribution in [0.4, 0.5) is 8.78 Å². The Morgan fingerprint density at radius 1 is 1.35 bits per heavy atom. The Kier molecular flexibility index (Phi) is 4.67. The molecule has 1 saturated heterocycles. The third-order valence-electron chi connectivity index (χ3n) is 3.21. The fraction of sp³-hybridized carbons (Fsp3) is 0.500. The minimum absolute atomic E-state index is 0.271. The summed E-state index contributed by atoms with van der Waals surface area (Å²) >= 11 is 0. The van der Waals surface area contributed by atoms with E-state index in [1.807, 2.05) is 35.2 Å². The number of cyclic esters (lactones) is 1. The van der Waals surface area contributed by atoms with Gasteiger partial charge in [0, 0.05) is 26.2 Å². The van der Waals surface area contributed by atoms with Gasteiger partial charge in [-0.25, -0.2) is 4.79 Å². The Morgan fingerprint density at radius 2 is 2.05 bits per heavy atom. The summed E-state index contributed by atoms with van der Waals surface area (Å²) in [6.07, 6.45) is -1.32. The molecule has 0 aliphatic carbocycles. The molecule has 0 radical (unpaired) electrons. The number of alkyl halides is 2. The zero-order chi connectivity index (χ0) is 14.6. The zero-order valence-electron chi connectivity index (χ0n) is 11.1. The van der Waals surface area contributed by atoms with E-state index in [0.29, 0.717) is 19.6 Å². The first kappa shape index (κ1) is 14.9. The highest BCUT2D eigenvalue weighted by atomic mass is 19.3. The van der Waals surface area contributed by atoms with Crippen LogP contribution in [0.5, 0.6) is 0 Å². The number of halogens is 2. The van der Waals surface area contributed by atoms with Gasteiger partial charge in [-0.15, -0.1) is 0 Å². The number of rotatable bonds is 6. The third kappa shape index (κ3) is 3.74. The minimum atomic E-state index is -3.36. The molecule has 1 aliphatic heterocycles. The molecule has 2 N–H and O–H groups in total. The monoisotopic (exact) mass is 284 g/mol. The summed E-state index contributed by atoms with van der Waals surface area (Å²) in [7, 11) is 0. The fourth-order valence-corrected chi connectivity index (χ4v) is 2.30. The molecule has 1 unspecified atom stereocenters. The molecule has 6 heteroatoms. The van der Waals surface area contributed by atoms with Crippen molar-refractivity contribution in [2.24, 2.45) is 5.73 Å². The van der Waals surface area contributed by atoms with Gasteiger partial charge in [-0.2, -0.15) is 8.78 Å². The number of hydrogen-bond acceptors (Lipinski definition) is 4. The average molecular weight is 284 g/mol. The lowest BCUT2D eigenvalue weighted by molar-refractivity contribution is -0.159. The first-order valence-corrected chi connectivity index (χ1v) is 6.56. The second-order valence-corrected chi connectivity index (χ2v) is 4.95. The Morgan fingerprint density at radius 3 is 2.60 bits per heavy atom. The van der Waals surface area contributed by atoms with E-state index < -0.39 is 24.4 Å². The van der Waals surface area contributed by atoms with Crippen molar-refractivity contribution < 1.29 is 18.3 Å². The molecular weight excluding hydrogens is 266 g/mol. The van der Waals surface area contributed by atoms with Crippen molar-refractivity contribution in [2.75, 3.05) is 19.6 Å². The summed E-state index contributed by atoms with van der Waals surface area (Å²) in [6, 6.07) is 9.66. The van der Waals surface area contributed by atoms with Gasteiger partial charge in [0.25, 0.3) is 0 Å². The van der Waals surface area contributed by atoms with Crippen molar-refractivity contribution in [2.45, 2.75) is 25.0 Å². The molecule has 0 bridgehead atoms. The molecule has 20 heavy (non-hydrogen) atoms. The maximum absolute atomic E-state index is 13.1. The number of carbonyl (C=O) groups excluding carboxylic acids is 1. The molecule has 1 atom stereocenters. The van der Waals surface area contributed by atoms with Gasteiger partial charge in [0.15, 0.2) is 0 Å². The van der Waals surface area contributed by atoms with E-state index in [9.17, 15) is 13.6 Å². The molecule has 0 aromatic heterocycles. The summed E-state index contributed by atoms with van der Waals surface area (Å²) in [6.45, 7) is 1.85. The van der Waals surface area contributed by atoms with Gasteiger partial charge in [-0.3, -0.25) is 4.90 Å². The molecule has 4 nitrogen and oxygen atoms in total. The summed E-state index contributed by atoms with van der Waals surface area (Å²) in [5.41, 5.74) is 6.61. The summed E-state index contributed by atoms with van der Waals surface area (Å²) in [5, 5.41) is 0. The van der Waals surface area contributed by atoms with E-state index in [1.165, 1.54) is 0 Å². The van der Waals surface area contributed by atoms with Crippen LogP contribution in [0.2, 0.25) is 0 Å². The molecule has 1 aromatic rings. The fourth-order valence-electron chi connectivity index (χ4n) is 2.30. The maximum atomic E-state index is 13.1. The van der Waals surface area contributed by atoms with E-state index >= 15 is 0 Å². The molecule has 1 aromatic carbocycles. The molecule has 1 aliphatic rings. The summed E-state index contributed by atoms with van der Waals surface area (Å²) < 4.78 is 31.0. The number of carbonyl (C=O) groups is 1. The van der Waals surface area contributed by atoms with E-state index in [2.05, 4.69) is 0 Å². The van der Waals surface area contributed by atoms with E-state index in [0.717, 1.165) is 5.56 Å². The quantitative estimate of drug-likeness (QED) is 0.802. The molecule has 0 saturated carbocycles. The number of nitrogens with zero attached hydrogens (tertiary/aromatic N) is 1. The molecule has 1 fully saturated rings. The van der Waals surface area contributed by atoms with Crippen molar-refractivity contribution in [1.29, 1.82) is 0 Å². The number of hydrogen-bond donors (Lipinski definition) is 1. The van der Waals surface area contributed by atoms with Crippen molar-refractivity contribution >= 4 is 5.97 Å². The van der Waals surface area contributed by atoms with Gasteiger partial charge in [-0.1, -0.05) is 30.3 Å². The van der Waals surface area contributed by atoms with Gasteiger partial charge >= 0.3 is 11.9 Å². The van der Waals surface area contributed by atoms with Crippen LogP contribution >= 0.6 is 0 Å². The van der Waals surface area contributed by atoms with Crippen molar-refractivity contribution in [3.63, 3.8) is 0 Å². The van der Waals surface area contributed by atoms with Gasteiger partial charge in [0.2, 0.25) is 0 Å². The Balaban J connectivity index is 1.95. The van der Waals surface area contributed by atoms with E-state index in [-0.39, 0.29) is 6.54 Å². The van der Waals surface area contributed by atoms with Crippen LogP contribution in [-0.2, 0) is 16.1 Å². The summed E-state index contributed by atoms with van der Waals surface area (Å²) in [4.78, 5) is 12.9. The number of benzene rings is 1. The van der Waals surface area contributed by atoms with Crippen LogP contribution < -0.4 is 5.73 Å². The second kappa shape index (κ2) is 6.28. The molecule has 2 rings (SSSR count). The van der Waals surface area contributed by atoms with Crippen molar-refractivity contribution in [3.8, 4) is 0 Å². The largest absolute Gasteiger partial charge is 0.456 e. The molecule has 0 amide bonds. The standard InChI is InChI=1S/C14H18F2N2O2/c15-14(16)8-12(20-13(14)19)10-18(7-6-17)9-11-4-2-1-3-5-11/h1-5,12H,6-10,17H2. The maximum Gasteiger partial charge on any atom is 0.377 e. The molecule has 1 heterocycles. The van der Waals surface area contributed by atoms with Crippen LogP contribution in [0.15, 0.2) is 30.3 Å². The highest BCUT2D eigenvalue weighted by Crippen LogP contribution is 2.31. The van der Waals surface area contributed by atoms with E-state index in [1.54, 1.807) is 0 Å². The SMILES string of the molecule is NCCN(Cc1ccccc1)CC1CC(F)(F)C(=O)O1. The van der Waals surface area contributed by atoms with E-state index in [4.69, 9.17) is 10.5 Å². The lowest BCUT2D eigenvalue weighted by Gasteiger charge is -2.24. The smallest absolute Gasteiger partial charge is 0.377 e. The number of esters is 1. The van der Waals surface area contributed by atoms with Crippen LogP contribution in [-0.4, -0.2) is 42.5 Å². The molecule has 0 spiro atoms. The predicted octanol–water partition coefficient (Wildman–Crippen LogP) is 1.40. The van der Waals surface area contributed by atoms with Crippen LogP contribution in [0.3, 0.4) is 0 Å². The summed E-state index contributed by atoms with van der Waals surface area (Å²) in [5.74, 6) is -4.78. The lowest BCUT2D eigenvalue weighted by atomic mass is 10.1. The molecular formula is C14H18F2N2O2. The van der Waals surface area contributed by atoms with Gasteiger partial charge in [-0.05, 0) is 5.56 Å². The Labute approximate surface area is 116 Å². The van der Waals surface area contributed by atoms with Crippen LogP contribution in [0.25, 0.3) is 0 Å². The lowest BCUT2D eigenvalue weighted by Crippen LogP contribution is -2.35. The van der Waals surface area contributed by atoms with Gasteiger partial charge in [0.1, 0.15) is 6.10 Å². The van der Waals surface area contributed by atoms with Crippen LogP contribution in [0.1, 0.15) is 12.0 Å². The number of ether oxygens (including phenoxy) is 1. The van der Waals surface area contributed by atoms with Crippen LogP contribution in [0, 0.1) is 0 Å². The zero-order valence-corrected chi connectivity index (χ0v) is 11.1. The Hall–Kier alpha value is -1.53. The topological polar surface area (TPSA) is 55.6 Å². The van der Waals surface area contributed by atoms with Crippen molar-refractivity contribution in [3.05, 3.63) is 35.9 Å². The van der Waals surface area contributed by atoms with Gasteiger partial charge in [0.05, 0.1) is 6.42 Å². The third-order valence-corrected chi connectivity index (χ3v) is 3.21. The predicted molar refractivity (Wildman–Crippen MR) is 70.2 cm³/mol. The Bertz CT molecular complexity index is 454. The normalized spacial score (nSPS) is 21.2. The van der Waals surface area contributed by atoms with Crippen molar-refractivity contribution in [1.82, 2.24) is 4.90 Å².